The predicted octanol–water partition coefficient (Wildman–Crippen LogP) is 5.78. The zero-order valence-corrected chi connectivity index (χ0v) is 34.6. The smallest absolute Gasteiger partial charge is 0.408 e. The summed E-state index contributed by atoms with van der Waals surface area (Å²) in [4.78, 5) is 50.1. The van der Waals surface area contributed by atoms with E-state index in [4.69, 9.17) is 4.74 Å². The number of benzene rings is 3. The fraction of sp³-hybridized carbons (Fsp3) is 0.488. The minimum atomic E-state index is -1.27. The third-order valence-corrected chi connectivity index (χ3v) is 10.4. The summed E-state index contributed by atoms with van der Waals surface area (Å²) in [7, 11) is 0. The van der Waals surface area contributed by atoms with Crippen LogP contribution in [0.3, 0.4) is 0 Å². The molecule has 7 atom stereocenters. The van der Waals surface area contributed by atoms with Gasteiger partial charge in [0.15, 0.2) is 29.3 Å². The van der Waals surface area contributed by atoms with Crippen LogP contribution < -0.4 is 16.2 Å². The zero-order valence-electron chi connectivity index (χ0n) is 34.6. The quantitative estimate of drug-likeness (QED) is 0.218. The Morgan fingerprint density at radius 2 is 1.22 bits per heavy atom. The third kappa shape index (κ3) is 12.2. The lowest BCUT2D eigenvalue weighted by Crippen LogP contribution is -2.72. The fourth-order valence-corrected chi connectivity index (χ4v) is 7.42. The van der Waals surface area contributed by atoms with Gasteiger partial charge in [0.2, 0.25) is 5.91 Å². The molecule has 16 heteroatoms. The summed E-state index contributed by atoms with van der Waals surface area (Å²) in [6.45, 7) is 14.3. The van der Waals surface area contributed by atoms with Crippen LogP contribution in [0.25, 0.3) is 0 Å². The van der Waals surface area contributed by atoms with Gasteiger partial charge < -0.3 is 35.5 Å². The number of nitrogens with one attached hydrogen (secondary N) is 1. The SMILES string of the molecule is CCN1C(=O)C(NC(=O)OC(C)(C)C)C[C@@H](c2c(F)ccc(F)c2F)[C@H]1C.CCN1C(=O)[C@@H]([NH3+])C[C@@H](c2c(F)ccc(F)c2F)[C@H]1C.C[C@@H](Cc1ccccc1)C(=O)[O-]. The third-order valence-electron chi connectivity index (χ3n) is 10.4. The second-order valence-corrected chi connectivity index (χ2v) is 15.7. The number of likely N-dealkylation sites (tertiary alicyclic amines) is 2. The molecular weight excluding hydrogens is 782 g/mol. The monoisotopic (exact) mass is 836 g/mol. The van der Waals surface area contributed by atoms with Crippen LogP contribution >= 0.6 is 0 Å². The lowest BCUT2D eigenvalue weighted by molar-refractivity contribution is -0.411. The van der Waals surface area contributed by atoms with Crippen molar-refractivity contribution in [3.8, 4) is 0 Å². The first-order chi connectivity index (χ1) is 27.5. The second-order valence-electron chi connectivity index (χ2n) is 15.7. The maximum atomic E-state index is 14.3. The molecule has 5 rings (SSSR count). The highest BCUT2D eigenvalue weighted by Crippen LogP contribution is 2.38. The van der Waals surface area contributed by atoms with Crippen molar-refractivity contribution in [1.82, 2.24) is 15.1 Å². The van der Waals surface area contributed by atoms with Gasteiger partial charge in [0.05, 0.1) is 0 Å². The van der Waals surface area contributed by atoms with Crippen molar-refractivity contribution in [1.29, 1.82) is 0 Å². The van der Waals surface area contributed by atoms with E-state index >= 15 is 0 Å². The molecule has 0 aromatic heterocycles. The maximum Gasteiger partial charge on any atom is 0.408 e. The Labute approximate surface area is 341 Å². The molecule has 324 valence electrons. The average molecular weight is 837 g/mol. The normalized spacial score (nSPS) is 22.4. The van der Waals surface area contributed by atoms with Crippen molar-refractivity contribution in [2.45, 2.75) is 116 Å². The number of ether oxygens (including phenoxy) is 1. The molecule has 4 N–H and O–H groups in total. The Kier molecular flexibility index (Phi) is 16.9. The number of carboxylic acids is 1. The molecule has 2 fully saturated rings. The van der Waals surface area contributed by atoms with Crippen molar-refractivity contribution in [3.05, 3.63) is 106 Å². The van der Waals surface area contributed by atoms with Crippen LogP contribution in [0.5, 0.6) is 0 Å². The van der Waals surface area contributed by atoms with Crippen LogP contribution in [0.15, 0.2) is 54.6 Å². The second kappa shape index (κ2) is 20.7. The van der Waals surface area contributed by atoms with Crippen molar-refractivity contribution in [2.75, 3.05) is 13.1 Å². The van der Waals surface area contributed by atoms with E-state index in [2.05, 4.69) is 11.1 Å². The van der Waals surface area contributed by atoms with Gasteiger partial charge in [-0.3, -0.25) is 9.59 Å². The molecule has 2 aliphatic rings. The van der Waals surface area contributed by atoms with Crippen LogP contribution in [-0.4, -0.2) is 76.5 Å². The minimum absolute atomic E-state index is 0.0625. The minimum Gasteiger partial charge on any atom is -0.550 e. The van der Waals surface area contributed by atoms with Gasteiger partial charge in [-0.05, 0) is 97.1 Å². The van der Waals surface area contributed by atoms with E-state index in [0.29, 0.717) is 13.0 Å². The van der Waals surface area contributed by atoms with Crippen molar-refractivity contribution in [2.24, 2.45) is 5.92 Å². The summed E-state index contributed by atoms with van der Waals surface area (Å²) in [6.07, 6.45) is -0.102. The van der Waals surface area contributed by atoms with E-state index in [1.807, 2.05) is 30.3 Å². The first kappa shape index (κ1) is 48.3. The summed E-state index contributed by atoms with van der Waals surface area (Å²) in [6, 6.07) is 10.3. The molecule has 0 bridgehead atoms. The first-order valence-corrected chi connectivity index (χ1v) is 19.5. The van der Waals surface area contributed by atoms with Gasteiger partial charge in [-0.15, -0.1) is 0 Å². The molecule has 0 saturated carbocycles. The van der Waals surface area contributed by atoms with Gasteiger partial charge in [0.25, 0.3) is 5.91 Å². The molecule has 3 aromatic carbocycles. The number of hydrogen-bond donors (Lipinski definition) is 2. The number of hydrogen-bond acceptors (Lipinski definition) is 6. The molecule has 2 aliphatic heterocycles. The number of piperidine rings is 2. The number of nitrogens with zero attached hydrogens (tertiary/aromatic N) is 2. The van der Waals surface area contributed by atoms with Gasteiger partial charge >= 0.3 is 6.09 Å². The summed E-state index contributed by atoms with van der Waals surface area (Å²) in [5, 5.41) is 12.9. The molecule has 0 radical (unpaired) electrons. The van der Waals surface area contributed by atoms with Gasteiger partial charge in [-0.25, -0.2) is 31.1 Å². The summed E-state index contributed by atoms with van der Waals surface area (Å²) in [5.74, 6) is -9.64. The highest BCUT2D eigenvalue weighted by molar-refractivity contribution is 5.87. The maximum absolute atomic E-state index is 14.3. The van der Waals surface area contributed by atoms with Gasteiger partial charge in [0.1, 0.15) is 23.3 Å². The predicted molar refractivity (Wildman–Crippen MR) is 205 cm³/mol. The molecule has 0 aliphatic carbocycles. The number of carbonyl (C=O) groups is 4. The number of aliphatic carboxylic acids is 1. The molecule has 2 heterocycles. The molecule has 2 saturated heterocycles. The number of alkyl carbamates (subject to hydrolysis) is 1. The Balaban J connectivity index is 0.000000254. The van der Waals surface area contributed by atoms with E-state index in [-0.39, 0.29) is 36.8 Å². The average Bonchev–Trinajstić information content (AvgIpc) is 3.16. The van der Waals surface area contributed by atoms with Crippen molar-refractivity contribution < 1.29 is 61.1 Å². The summed E-state index contributed by atoms with van der Waals surface area (Å²) >= 11 is 0. The van der Waals surface area contributed by atoms with Gasteiger partial charge in [0, 0.05) is 60.5 Å². The topological polar surface area (TPSA) is 147 Å². The Morgan fingerprint density at radius 1 is 0.780 bits per heavy atom. The highest BCUT2D eigenvalue weighted by atomic mass is 19.2. The molecule has 0 spiro atoms. The zero-order chi connectivity index (χ0) is 44.5. The van der Waals surface area contributed by atoms with E-state index in [1.54, 1.807) is 55.4 Å². The van der Waals surface area contributed by atoms with Crippen molar-refractivity contribution in [3.63, 3.8) is 0 Å². The molecular formula is C43H54F6N4O6. The lowest BCUT2D eigenvalue weighted by atomic mass is 9.81. The van der Waals surface area contributed by atoms with E-state index in [9.17, 15) is 50.6 Å². The number of amides is 3. The van der Waals surface area contributed by atoms with Gasteiger partial charge in [-0.1, -0.05) is 37.3 Å². The fourth-order valence-electron chi connectivity index (χ4n) is 7.42. The van der Waals surface area contributed by atoms with Crippen LogP contribution in [0, 0.1) is 40.8 Å². The van der Waals surface area contributed by atoms with E-state index in [1.165, 1.54) is 9.80 Å². The van der Waals surface area contributed by atoms with Gasteiger partial charge in [-0.2, -0.15) is 0 Å². The van der Waals surface area contributed by atoms with Crippen LogP contribution in [0.4, 0.5) is 31.1 Å². The molecule has 10 nitrogen and oxygen atoms in total. The Morgan fingerprint density at radius 3 is 1.66 bits per heavy atom. The molecule has 3 aromatic rings. The summed E-state index contributed by atoms with van der Waals surface area (Å²) < 4.78 is 88.7. The first-order valence-electron chi connectivity index (χ1n) is 19.5. The number of carbonyl (C=O) groups excluding carboxylic acids is 4. The molecule has 1 unspecified atom stereocenters. The number of likely N-dealkylation sites (N-methyl/N-ethyl adjacent to an activating group) is 2. The molecule has 59 heavy (non-hydrogen) atoms. The highest BCUT2D eigenvalue weighted by Gasteiger charge is 2.44. The van der Waals surface area contributed by atoms with Crippen molar-refractivity contribution >= 4 is 23.9 Å². The summed E-state index contributed by atoms with van der Waals surface area (Å²) in [5.41, 5.74) is 3.32. The number of quaternary nitrogens is 1. The van der Waals surface area contributed by atoms with Crippen LogP contribution in [0.2, 0.25) is 0 Å². The standard InChI is InChI=1S/C19H25F3N2O3.C14H17F3N2O.C10H12O2/c1-6-24-10(2)11(15-12(20)7-8-13(21)16(15)22)9-14(17(24)25)23-18(26)27-19(3,4)5;1-3-19-7(2)8(6-11(18)14(19)20)12-9(15)4-5-10(16)13(12)17;1-8(10(11)12)7-9-5-3-2-4-6-9/h7-8,10-11,14H,6,9H2,1-5H3,(H,23,26);4-5,7-8,11H,3,6,18H2,1-2H3;2-6,8H,7H2,1H3,(H,11,12)/t10-,11-,14?;7-,8-,11+;8-/m110/s1. The Hall–Kier alpha value is -5.12. The van der Waals surface area contributed by atoms with Crippen LogP contribution in [0.1, 0.15) is 96.8 Å². The molecule has 3 amide bonds. The lowest BCUT2D eigenvalue weighted by Gasteiger charge is -2.42. The van der Waals surface area contributed by atoms with E-state index in [0.717, 1.165) is 29.8 Å². The van der Waals surface area contributed by atoms with Crippen LogP contribution in [-0.2, 0) is 25.5 Å². The number of carboxylic acid groups (broad SMARTS) is 1. The largest absolute Gasteiger partial charge is 0.550 e. The number of halogens is 6. The Bertz CT molecular complexity index is 1950. The van der Waals surface area contributed by atoms with E-state index < -0.39 is 100 Å². The number of rotatable bonds is 8.